The van der Waals surface area contributed by atoms with E-state index < -0.39 is 12.2 Å². The van der Waals surface area contributed by atoms with Crippen molar-refractivity contribution >= 4 is 12.2 Å². The van der Waals surface area contributed by atoms with E-state index in [0.29, 0.717) is 0 Å². The summed E-state index contributed by atoms with van der Waals surface area (Å²) in [7, 11) is 0. The van der Waals surface area contributed by atoms with Crippen molar-refractivity contribution < 1.29 is 19.1 Å². The molecule has 1 heterocycles. The minimum Gasteiger partial charge on any atom is -0.410 e. The number of benzene rings is 1. The van der Waals surface area contributed by atoms with Crippen LogP contribution in [0, 0.1) is 6.92 Å². The van der Waals surface area contributed by atoms with Gasteiger partial charge in [0.25, 0.3) is 0 Å². The summed E-state index contributed by atoms with van der Waals surface area (Å²) in [4.78, 5) is 22.3. The SMILES string of the molecule is Cc1c(OC(N)=O)cc(OC(N)=O)cc1C1CC(C)(C)NC(C)(C)C1. The number of ether oxygens (including phenoxy) is 2. The van der Waals surface area contributed by atoms with E-state index >= 15 is 0 Å². The molecular weight excluding hydrogens is 322 g/mol. The second-order valence-electron chi connectivity index (χ2n) is 7.98. The van der Waals surface area contributed by atoms with Crippen molar-refractivity contribution in [2.75, 3.05) is 0 Å². The van der Waals surface area contributed by atoms with Gasteiger partial charge in [-0.05, 0) is 70.6 Å². The first kappa shape index (κ1) is 19.1. The Balaban J connectivity index is 2.50. The van der Waals surface area contributed by atoms with Gasteiger partial charge in [0.2, 0.25) is 0 Å². The van der Waals surface area contributed by atoms with Crippen LogP contribution in [0.2, 0.25) is 0 Å². The summed E-state index contributed by atoms with van der Waals surface area (Å²) in [5.74, 6) is 0.701. The van der Waals surface area contributed by atoms with Crippen molar-refractivity contribution in [3.05, 3.63) is 23.3 Å². The molecule has 1 aromatic carbocycles. The van der Waals surface area contributed by atoms with Crippen molar-refractivity contribution in [3.8, 4) is 11.5 Å². The number of piperidine rings is 1. The van der Waals surface area contributed by atoms with Crippen molar-refractivity contribution in [1.29, 1.82) is 0 Å². The van der Waals surface area contributed by atoms with Gasteiger partial charge < -0.3 is 26.3 Å². The zero-order valence-corrected chi connectivity index (χ0v) is 15.4. The molecule has 0 saturated carbocycles. The number of nitrogens with two attached hydrogens (primary N) is 2. The third-order valence-electron chi connectivity index (χ3n) is 4.43. The Kier molecular flexibility index (Phi) is 4.99. The zero-order chi connectivity index (χ0) is 19.0. The fourth-order valence-electron chi connectivity index (χ4n) is 4.04. The molecule has 1 aliphatic rings. The number of hydrogen-bond acceptors (Lipinski definition) is 5. The lowest BCUT2D eigenvalue weighted by Gasteiger charge is -2.47. The maximum absolute atomic E-state index is 11.2. The van der Waals surface area contributed by atoms with Gasteiger partial charge in [-0.15, -0.1) is 0 Å². The van der Waals surface area contributed by atoms with Crippen LogP contribution in [0.1, 0.15) is 57.6 Å². The quantitative estimate of drug-likeness (QED) is 0.775. The summed E-state index contributed by atoms with van der Waals surface area (Å²) in [6.07, 6.45) is -0.0808. The van der Waals surface area contributed by atoms with Crippen LogP contribution < -0.4 is 26.3 Å². The molecule has 2 amide bonds. The van der Waals surface area contributed by atoms with E-state index in [0.717, 1.165) is 24.0 Å². The molecule has 1 aliphatic heterocycles. The minimum absolute atomic E-state index is 0.0654. The van der Waals surface area contributed by atoms with Gasteiger partial charge in [0.05, 0.1) is 0 Å². The lowest BCUT2D eigenvalue weighted by atomic mass is 9.72. The first-order chi connectivity index (χ1) is 11.4. The lowest BCUT2D eigenvalue weighted by Crippen LogP contribution is -2.57. The normalized spacial score (nSPS) is 19.2. The summed E-state index contributed by atoms with van der Waals surface area (Å²) < 4.78 is 10.1. The highest BCUT2D eigenvalue weighted by Crippen LogP contribution is 2.43. The largest absolute Gasteiger partial charge is 0.410 e. The van der Waals surface area contributed by atoms with Crippen molar-refractivity contribution in [2.24, 2.45) is 11.5 Å². The fraction of sp³-hybridized carbons (Fsp3) is 0.556. The highest BCUT2D eigenvalue weighted by Gasteiger charge is 2.39. The lowest BCUT2D eigenvalue weighted by molar-refractivity contribution is 0.161. The van der Waals surface area contributed by atoms with Crippen LogP contribution in [0.15, 0.2) is 12.1 Å². The Morgan fingerprint density at radius 3 is 2.04 bits per heavy atom. The van der Waals surface area contributed by atoms with Gasteiger partial charge in [-0.25, -0.2) is 9.59 Å². The molecule has 0 spiro atoms. The Labute approximate surface area is 148 Å². The highest BCUT2D eigenvalue weighted by atomic mass is 16.6. The van der Waals surface area contributed by atoms with Gasteiger partial charge in [-0.3, -0.25) is 0 Å². The van der Waals surface area contributed by atoms with E-state index in [1.807, 2.05) is 6.92 Å². The van der Waals surface area contributed by atoms with E-state index in [4.69, 9.17) is 20.9 Å². The Morgan fingerprint density at radius 1 is 1.04 bits per heavy atom. The monoisotopic (exact) mass is 349 g/mol. The number of rotatable bonds is 3. The van der Waals surface area contributed by atoms with E-state index in [1.165, 1.54) is 6.07 Å². The van der Waals surface area contributed by atoms with Crippen LogP contribution in [0.4, 0.5) is 9.59 Å². The summed E-state index contributed by atoms with van der Waals surface area (Å²) in [6.45, 7) is 10.5. The zero-order valence-electron chi connectivity index (χ0n) is 15.4. The Morgan fingerprint density at radius 2 is 1.56 bits per heavy atom. The van der Waals surface area contributed by atoms with Gasteiger partial charge in [-0.1, -0.05) is 0 Å². The molecule has 0 unspecified atom stereocenters. The first-order valence-electron chi connectivity index (χ1n) is 8.27. The van der Waals surface area contributed by atoms with Crippen LogP contribution in [-0.2, 0) is 0 Å². The van der Waals surface area contributed by atoms with Crippen LogP contribution >= 0.6 is 0 Å². The maximum Gasteiger partial charge on any atom is 0.409 e. The summed E-state index contributed by atoms with van der Waals surface area (Å²) in [6, 6.07) is 3.24. The standard InChI is InChI=1S/C18H27N3O4/c1-10-13(11-8-17(2,3)21-18(4,5)9-11)6-12(24-15(19)22)7-14(10)25-16(20)23/h6-7,11,21H,8-9H2,1-5H3,(H2,19,22)(H2,20,23). The highest BCUT2D eigenvalue weighted by molar-refractivity contribution is 5.71. The summed E-state index contributed by atoms with van der Waals surface area (Å²) >= 11 is 0. The topological polar surface area (TPSA) is 117 Å². The number of amides is 2. The maximum atomic E-state index is 11.2. The molecule has 7 heteroatoms. The average Bonchev–Trinajstić information content (AvgIpc) is 2.37. The van der Waals surface area contributed by atoms with E-state index in [-0.39, 0.29) is 28.5 Å². The number of carbonyl (C=O) groups is 2. The molecular formula is C18H27N3O4. The number of hydrogen-bond donors (Lipinski definition) is 3. The fourth-order valence-corrected chi connectivity index (χ4v) is 4.04. The van der Waals surface area contributed by atoms with Gasteiger partial charge >= 0.3 is 12.2 Å². The Hall–Kier alpha value is -2.28. The van der Waals surface area contributed by atoms with Gasteiger partial charge in [0, 0.05) is 17.1 Å². The minimum atomic E-state index is -0.925. The first-order valence-corrected chi connectivity index (χ1v) is 8.27. The molecule has 7 nitrogen and oxygen atoms in total. The van der Waals surface area contributed by atoms with Crippen LogP contribution in [0.5, 0.6) is 11.5 Å². The molecule has 1 fully saturated rings. The van der Waals surface area contributed by atoms with Crippen molar-refractivity contribution in [3.63, 3.8) is 0 Å². The van der Waals surface area contributed by atoms with E-state index in [2.05, 4.69) is 33.0 Å². The van der Waals surface area contributed by atoms with Crippen LogP contribution in [0.3, 0.4) is 0 Å². The second-order valence-corrected chi connectivity index (χ2v) is 7.98. The second kappa shape index (κ2) is 6.55. The Bertz CT molecular complexity index is 682. The summed E-state index contributed by atoms with van der Waals surface area (Å²) in [5, 5.41) is 3.63. The molecule has 1 aromatic rings. The molecule has 2 rings (SSSR count). The molecule has 25 heavy (non-hydrogen) atoms. The smallest absolute Gasteiger partial charge is 0.409 e. The predicted octanol–water partition coefficient (Wildman–Crippen LogP) is 2.93. The predicted molar refractivity (Wildman–Crippen MR) is 94.9 cm³/mol. The molecule has 0 atom stereocenters. The number of nitrogens with one attached hydrogen (secondary N) is 1. The number of carbonyl (C=O) groups excluding carboxylic acids is 2. The molecule has 1 saturated heterocycles. The third-order valence-corrected chi connectivity index (χ3v) is 4.43. The molecule has 138 valence electrons. The van der Waals surface area contributed by atoms with Gasteiger partial charge in [-0.2, -0.15) is 0 Å². The average molecular weight is 349 g/mol. The van der Waals surface area contributed by atoms with E-state index in [9.17, 15) is 9.59 Å². The van der Waals surface area contributed by atoms with Crippen molar-refractivity contribution in [2.45, 2.75) is 64.5 Å². The van der Waals surface area contributed by atoms with Gasteiger partial charge in [0.15, 0.2) is 0 Å². The van der Waals surface area contributed by atoms with Crippen molar-refractivity contribution in [1.82, 2.24) is 5.32 Å². The van der Waals surface area contributed by atoms with Crippen LogP contribution in [-0.4, -0.2) is 23.3 Å². The van der Waals surface area contributed by atoms with E-state index in [1.54, 1.807) is 6.07 Å². The molecule has 5 N–H and O–H groups in total. The van der Waals surface area contributed by atoms with Crippen LogP contribution in [0.25, 0.3) is 0 Å². The molecule has 0 radical (unpaired) electrons. The number of primary amides is 2. The summed E-state index contributed by atoms with van der Waals surface area (Å²) in [5.41, 5.74) is 11.9. The van der Waals surface area contributed by atoms with Gasteiger partial charge in [0.1, 0.15) is 11.5 Å². The third kappa shape index (κ3) is 4.85. The molecule has 0 bridgehead atoms. The molecule has 0 aromatic heterocycles. The molecule has 0 aliphatic carbocycles.